The maximum Gasteiger partial charge on any atom is 0.246 e. The molecule has 1 amide bonds. The lowest BCUT2D eigenvalue weighted by Gasteiger charge is -2.21. The molecule has 0 radical (unpaired) electrons. The zero-order chi connectivity index (χ0) is 28.8. The fourth-order valence-corrected chi connectivity index (χ4v) is 4.50. The van der Waals surface area contributed by atoms with E-state index < -0.39 is 6.10 Å². The van der Waals surface area contributed by atoms with Crippen LogP contribution in [0.25, 0.3) is 0 Å². The monoisotopic (exact) mass is 571 g/mol. The largest absolute Gasteiger partial charge is 0.487 e. The van der Waals surface area contributed by atoms with Gasteiger partial charge in [0.1, 0.15) is 39.1 Å². The molecule has 0 atom stereocenters. The second-order valence-electron chi connectivity index (χ2n) is 10.3. The van der Waals surface area contributed by atoms with Crippen molar-refractivity contribution < 1.29 is 33.2 Å². The second-order valence-corrected chi connectivity index (χ2v) is 10.3. The van der Waals surface area contributed by atoms with Crippen molar-refractivity contribution in [2.24, 2.45) is 0 Å². The van der Waals surface area contributed by atoms with Gasteiger partial charge in [-0.15, -0.1) is 0 Å². The first-order valence-corrected chi connectivity index (χ1v) is 15.4. The Morgan fingerprint density at radius 1 is 0.683 bits per heavy atom. The summed E-state index contributed by atoms with van der Waals surface area (Å²) >= 11 is 0. The van der Waals surface area contributed by atoms with E-state index in [0.29, 0.717) is 56.0 Å². The van der Waals surface area contributed by atoms with Crippen LogP contribution >= 0.6 is 0 Å². The quantitative estimate of drug-likeness (QED) is 0.264. The standard InChI is InChI=1S/C33H49NO7/c1-2-3-4-5-6-7-8-9-10-15-20-34-33(35)27-39-28-25-40-31-18-13-11-16-29(31)37-23-21-36-22-24-38-30-17-12-14-19-32(30)41-26-28/h11-14,16-19,28H,2-10,15,20-27H2,1H3,(H,34,35). The summed E-state index contributed by atoms with van der Waals surface area (Å²) in [5.74, 6) is 2.31. The Morgan fingerprint density at radius 2 is 1.15 bits per heavy atom. The summed E-state index contributed by atoms with van der Waals surface area (Å²) in [7, 11) is 0. The summed E-state index contributed by atoms with van der Waals surface area (Å²) in [6.45, 7) is 4.85. The zero-order valence-corrected chi connectivity index (χ0v) is 24.8. The minimum atomic E-state index is -0.490. The molecule has 0 saturated carbocycles. The number of amides is 1. The molecule has 0 aromatic heterocycles. The third-order valence-corrected chi connectivity index (χ3v) is 6.82. The number of rotatable bonds is 14. The lowest BCUT2D eigenvalue weighted by atomic mass is 10.1. The van der Waals surface area contributed by atoms with Crippen molar-refractivity contribution in [3.63, 3.8) is 0 Å². The van der Waals surface area contributed by atoms with E-state index in [2.05, 4.69) is 12.2 Å². The predicted molar refractivity (Wildman–Crippen MR) is 160 cm³/mol. The molecule has 8 heteroatoms. The highest BCUT2D eigenvalue weighted by Gasteiger charge is 2.17. The molecule has 0 bridgehead atoms. The third kappa shape index (κ3) is 14.0. The highest BCUT2D eigenvalue weighted by molar-refractivity contribution is 5.77. The Kier molecular flexibility index (Phi) is 16.5. The average Bonchev–Trinajstić information content (AvgIpc) is 2.99. The fourth-order valence-electron chi connectivity index (χ4n) is 4.50. The van der Waals surface area contributed by atoms with E-state index in [1.165, 1.54) is 51.4 Å². The van der Waals surface area contributed by atoms with Crippen LogP contribution in [-0.2, 0) is 14.3 Å². The van der Waals surface area contributed by atoms with Crippen LogP contribution in [0.2, 0.25) is 0 Å². The topological polar surface area (TPSA) is 84.5 Å². The van der Waals surface area contributed by atoms with Crippen LogP contribution in [0.3, 0.4) is 0 Å². The number of carbonyl (C=O) groups is 1. The third-order valence-electron chi connectivity index (χ3n) is 6.82. The van der Waals surface area contributed by atoms with Crippen LogP contribution in [-0.4, -0.2) is 64.8 Å². The smallest absolute Gasteiger partial charge is 0.246 e. The lowest BCUT2D eigenvalue weighted by molar-refractivity contribution is -0.129. The van der Waals surface area contributed by atoms with Crippen LogP contribution < -0.4 is 24.3 Å². The van der Waals surface area contributed by atoms with Crippen LogP contribution in [0.15, 0.2) is 48.5 Å². The molecule has 41 heavy (non-hydrogen) atoms. The van der Waals surface area contributed by atoms with Crippen LogP contribution in [0.1, 0.15) is 71.1 Å². The number of hydrogen-bond donors (Lipinski definition) is 1. The number of carbonyl (C=O) groups excluding carboxylic acids is 1. The average molecular weight is 572 g/mol. The minimum absolute atomic E-state index is 0.0667. The summed E-state index contributed by atoms with van der Waals surface area (Å²) in [5.41, 5.74) is 0. The highest BCUT2D eigenvalue weighted by atomic mass is 16.6. The van der Waals surface area contributed by atoms with Gasteiger partial charge in [0, 0.05) is 6.54 Å². The summed E-state index contributed by atoms with van der Waals surface area (Å²) in [4.78, 5) is 12.5. The molecule has 0 aliphatic carbocycles. The molecular formula is C33H49NO7. The molecule has 1 aliphatic rings. The lowest BCUT2D eigenvalue weighted by Crippen LogP contribution is -2.35. The molecule has 0 unspecified atom stereocenters. The van der Waals surface area contributed by atoms with E-state index in [1.807, 2.05) is 48.5 Å². The summed E-state index contributed by atoms with van der Waals surface area (Å²) < 4.78 is 35.4. The number of unbranched alkanes of at least 4 members (excludes halogenated alkanes) is 9. The second kappa shape index (κ2) is 20.8. The normalized spacial score (nSPS) is 14.9. The molecule has 1 heterocycles. The Morgan fingerprint density at radius 3 is 1.66 bits per heavy atom. The first-order chi connectivity index (χ1) is 20.3. The fraction of sp³-hybridized carbons (Fsp3) is 0.606. The Balaban J connectivity index is 1.44. The van der Waals surface area contributed by atoms with Gasteiger partial charge in [0.2, 0.25) is 5.91 Å². The molecule has 2 aromatic carbocycles. The molecule has 0 fully saturated rings. The Hall–Kier alpha value is -2.97. The van der Waals surface area contributed by atoms with Crippen LogP contribution in [0.5, 0.6) is 23.0 Å². The van der Waals surface area contributed by atoms with Crippen molar-refractivity contribution in [3.8, 4) is 23.0 Å². The van der Waals surface area contributed by atoms with Gasteiger partial charge in [-0.05, 0) is 30.7 Å². The Labute approximate surface area is 246 Å². The maximum atomic E-state index is 12.5. The number of para-hydroxylation sites is 4. The zero-order valence-electron chi connectivity index (χ0n) is 24.8. The Bertz CT molecular complexity index is 915. The molecule has 8 nitrogen and oxygen atoms in total. The van der Waals surface area contributed by atoms with Crippen molar-refractivity contribution in [1.82, 2.24) is 5.32 Å². The van der Waals surface area contributed by atoms with Gasteiger partial charge < -0.3 is 33.7 Å². The first kappa shape index (κ1) is 32.5. The molecule has 228 valence electrons. The molecule has 0 saturated heterocycles. The van der Waals surface area contributed by atoms with Gasteiger partial charge in [0.05, 0.1) is 13.2 Å². The van der Waals surface area contributed by atoms with Gasteiger partial charge in [0.25, 0.3) is 0 Å². The molecule has 3 rings (SSSR count). The summed E-state index contributed by atoms with van der Waals surface area (Å²) in [5, 5.41) is 2.98. The van der Waals surface area contributed by atoms with E-state index in [4.69, 9.17) is 28.4 Å². The molecule has 2 aromatic rings. The molecule has 0 spiro atoms. The number of ether oxygens (including phenoxy) is 6. The predicted octanol–water partition coefficient (Wildman–Crippen LogP) is 6.35. The number of fused-ring (bicyclic) bond motifs is 2. The molecule has 1 aliphatic heterocycles. The summed E-state index contributed by atoms with van der Waals surface area (Å²) in [6, 6.07) is 15.0. The van der Waals surface area contributed by atoms with Crippen molar-refractivity contribution >= 4 is 5.91 Å². The maximum absolute atomic E-state index is 12.5. The SMILES string of the molecule is CCCCCCCCCCCCNC(=O)COC1COc2ccccc2OCCOCCOc2ccccc2OC1. The van der Waals surface area contributed by atoms with E-state index in [-0.39, 0.29) is 25.7 Å². The van der Waals surface area contributed by atoms with Crippen molar-refractivity contribution in [1.29, 1.82) is 0 Å². The van der Waals surface area contributed by atoms with E-state index in [9.17, 15) is 4.79 Å². The van der Waals surface area contributed by atoms with Gasteiger partial charge in [-0.1, -0.05) is 89.0 Å². The molecular weight excluding hydrogens is 522 g/mol. The van der Waals surface area contributed by atoms with Crippen molar-refractivity contribution in [2.75, 3.05) is 52.8 Å². The van der Waals surface area contributed by atoms with Gasteiger partial charge in [0.15, 0.2) is 23.0 Å². The van der Waals surface area contributed by atoms with Crippen molar-refractivity contribution in [3.05, 3.63) is 48.5 Å². The van der Waals surface area contributed by atoms with Gasteiger partial charge in [-0.3, -0.25) is 4.79 Å². The van der Waals surface area contributed by atoms with Crippen LogP contribution in [0.4, 0.5) is 0 Å². The van der Waals surface area contributed by atoms with Crippen molar-refractivity contribution in [2.45, 2.75) is 77.2 Å². The number of nitrogens with one attached hydrogen (secondary N) is 1. The minimum Gasteiger partial charge on any atom is -0.487 e. The van der Waals surface area contributed by atoms with Crippen LogP contribution in [0, 0.1) is 0 Å². The number of benzene rings is 2. The van der Waals surface area contributed by atoms with E-state index in [1.54, 1.807) is 0 Å². The first-order valence-electron chi connectivity index (χ1n) is 15.4. The highest BCUT2D eigenvalue weighted by Crippen LogP contribution is 2.28. The van der Waals surface area contributed by atoms with Gasteiger partial charge in [-0.2, -0.15) is 0 Å². The summed E-state index contributed by atoms with van der Waals surface area (Å²) in [6.07, 6.45) is 12.2. The van der Waals surface area contributed by atoms with Gasteiger partial charge >= 0.3 is 0 Å². The molecule has 1 N–H and O–H groups in total. The van der Waals surface area contributed by atoms with Gasteiger partial charge in [-0.25, -0.2) is 0 Å². The number of hydrogen-bond acceptors (Lipinski definition) is 7. The van der Waals surface area contributed by atoms with E-state index >= 15 is 0 Å². The van der Waals surface area contributed by atoms with E-state index in [0.717, 1.165) is 12.8 Å².